The van der Waals surface area contributed by atoms with Crippen molar-refractivity contribution in [3.63, 3.8) is 0 Å². The van der Waals surface area contributed by atoms with E-state index in [-0.39, 0.29) is 0 Å². The number of β-amino-alcohol motifs (C(OH)–C–C–N with tert-alkyl or cyclic N) is 3. The summed E-state index contributed by atoms with van der Waals surface area (Å²) in [5.74, 6) is 0. The number of aliphatic hydroxyl groups is 3. The molecule has 0 amide bonds. The van der Waals surface area contributed by atoms with Crippen LogP contribution in [0.15, 0.2) is 24.3 Å². The third kappa shape index (κ3) is 2.86. The van der Waals surface area contributed by atoms with Crippen molar-refractivity contribution >= 4 is 0 Å². The molecule has 1 heterocycles. The summed E-state index contributed by atoms with van der Waals surface area (Å²) in [5, 5.41) is 37.5. The standard InChI is InChI=1S/C13H16N2O3/c14-5-9-1-3-10(4-2-9)11(16)6-15-7-12(17)13(18)8-15/h1-4,11-13,16-18H,6-8H2. The lowest BCUT2D eigenvalue weighted by Crippen LogP contribution is -2.27. The SMILES string of the molecule is N#Cc1ccc(C(O)CN2CC(O)C(O)C2)cc1. The van der Waals surface area contributed by atoms with Crippen LogP contribution >= 0.6 is 0 Å². The third-order valence-corrected chi connectivity index (χ3v) is 3.19. The van der Waals surface area contributed by atoms with Gasteiger partial charge >= 0.3 is 0 Å². The van der Waals surface area contributed by atoms with Gasteiger partial charge in [-0.15, -0.1) is 0 Å². The second kappa shape index (κ2) is 5.46. The molecule has 0 saturated carbocycles. The number of nitrogens with zero attached hydrogens (tertiary/aromatic N) is 2. The van der Waals surface area contributed by atoms with Crippen LogP contribution in [0.4, 0.5) is 0 Å². The van der Waals surface area contributed by atoms with E-state index in [1.807, 2.05) is 11.0 Å². The fourth-order valence-corrected chi connectivity index (χ4v) is 2.13. The molecule has 3 unspecified atom stereocenters. The molecule has 0 aromatic heterocycles. The lowest BCUT2D eigenvalue weighted by atomic mass is 10.1. The molecule has 0 aliphatic carbocycles. The number of hydrogen-bond donors (Lipinski definition) is 3. The van der Waals surface area contributed by atoms with Crippen molar-refractivity contribution in [3.8, 4) is 6.07 Å². The van der Waals surface area contributed by atoms with Crippen molar-refractivity contribution in [3.05, 3.63) is 35.4 Å². The highest BCUT2D eigenvalue weighted by Crippen LogP contribution is 2.18. The second-order valence-electron chi connectivity index (χ2n) is 4.60. The van der Waals surface area contributed by atoms with Crippen LogP contribution in [-0.2, 0) is 0 Å². The molecule has 96 valence electrons. The fraction of sp³-hybridized carbons (Fsp3) is 0.462. The summed E-state index contributed by atoms with van der Waals surface area (Å²) in [6.45, 7) is 1.10. The largest absolute Gasteiger partial charge is 0.389 e. The summed E-state index contributed by atoms with van der Waals surface area (Å²) in [6, 6.07) is 8.77. The average molecular weight is 248 g/mol. The molecule has 18 heavy (non-hydrogen) atoms. The van der Waals surface area contributed by atoms with Gasteiger partial charge in [0.1, 0.15) is 0 Å². The van der Waals surface area contributed by atoms with Crippen molar-refractivity contribution in [1.29, 1.82) is 5.26 Å². The van der Waals surface area contributed by atoms with Gasteiger partial charge in [-0.25, -0.2) is 0 Å². The Morgan fingerprint density at radius 3 is 2.28 bits per heavy atom. The second-order valence-corrected chi connectivity index (χ2v) is 4.60. The van der Waals surface area contributed by atoms with Gasteiger partial charge in [0.15, 0.2) is 0 Å². The molecule has 0 spiro atoms. The smallest absolute Gasteiger partial charge is 0.0991 e. The minimum absolute atomic E-state index is 0.361. The zero-order valence-corrected chi connectivity index (χ0v) is 9.90. The first-order valence-electron chi connectivity index (χ1n) is 5.87. The molecule has 1 saturated heterocycles. The van der Waals surface area contributed by atoms with Gasteiger partial charge < -0.3 is 15.3 Å². The molecule has 3 atom stereocenters. The molecule has 5 heteroatoms. The van der Waals surface area contributed by atoms with Crippen LogP contribution in [0, 0.1) is 11.3 Å². The Kier molecular flexibility index (Phi) is 3.94. The van der Waals surface area contributed by atoms with Gasteiger partial charge in [-0.3, -0.25) is 4.90 Å². The van der Waals surface area contributed by atoms with Crippen LogP contribution in [0.2, 0.25) is 0 Å². The van der Waals surface area contributed by atoms with Crippen LogP contribution in [0.5, 0.6) is 0 Å². The van der Waals surface area contributed by atoms with Crippen LogP contribution in [0.25, 0.3) is 0 Å². The summed E-state index contributed by atoms with van der Waals surface area (Å²) in [4.78, 5) is 1.82. The van der Waals surface area contributed by atoms with Crippen LogP contribution in [0.1, 0.15) is 17.2 Å². The molecule has 0 bridgehead atoms. The normalized spacial score (nSPS) is 25.9. The first-order valence-corrected chi connectivity index (χ1v) is 5.87. The number of likely N-dealkylation sites (tertiary alicyclic amines) is 1. The Bertz CT molecular complexity index is 431. The summed E-state index contributed by atoms with van der Waals surface area (Å²) >= 11 is 0. The number of rotatable bonds is 3. The molecular formula is C13H16N2O3. The third-order valence-electron chi connectivity index (χ3n) is 3.19. The van der Waals surface area contributed by atoms with Crippen molar-refractivity contribution in [1.82, 2.24) is 4.90 Å². The molecule has 1 aromatic carbocycles. The number of hydrogen-bond acceptors (Lipinski definition) is 5. The highest BCUT2D eigenvalue weighted by molar-refractivity contribution is 5.32. The van der Waals surface area contributed by atoms with Gasteiger partial charge in [-0.05, 0) is 17.7 Å². The molecular weight excluding hydrogens is 232 g/mol. The molecule has 0 radical (unpaired) electrons. The Morgan fingerprint density at radius 2 is 1.78 bits per heavy atom. The van der Waals surface area contributed by atoms with E-state index < -0.39 is 18.3 Å². The summed E-state index contributed by atoms with van der Waals surface area (Å²) < 4.78 is 0. The summed E-state index contributed by atoms with van der Waals surface area (Å²) in [7, 11) is 0. The highest BCUT2D eigenvalue weighted by atomic mass is 16.3. The monoisotopic (exact) mass is 248 g/mol. The van der Waals surface area contributed by atoms with Crippen LogP contribution in [-0.4, -0.2) is 52.1 Å². The molecule has 3 N–H and O–H groups in total. The maximum Gasteiger partial charge on any atom is 0.0991 e. The van der Waals surface area contributed by atoms with Gasteiger partial charge in [0.2, 0.25) is 0 Å². The Morgan fingerprint density at radius 1 is 1.22 bits per heavy atom. The van der Waals surface area contributed by atoms with Crippen molar-refractivity contribution in [2.45, 2.75) is 18.3 Å². The van der Waals surface area contributed by atoms with E-state index in [1.165, 1.54) is 0 Å². The van der Waals surface area contributed by atoms with E-state index >= 15 is 0 Å². The molecule has 1 aliphatic rings. The molecule has 1 fully saturated rings. The van der Waals surface area contributed by atoms with Crippen molar-refractivity contribution in [2.24, 2.45) is 0 Å². The van der Waals surface area contributed by atoms with E-state index in [2.05, 4.69) is 0 Å². The Labute approximate surface area is 106 Å². The average Bonchev–Trinajstić information content (AvgIpc) is 2.68. The predicted octanol–water partition coefficient (Wildman–Crippen LogP) is -0.371. The molecule has 1 aliphatic heterocycles. The van der Waals surface area contributed by atoms with E-state index in [4.69, 9.17) is 5.26 Å². The minimum atomic E-state index is -0.738. The molecule has 5 nitrogen and oxygen atoms in total. The molecule has 2 rings (SSSR count). The maximum atomic E-state index is 10.0. The van der Waals surface area contributed by atoms with Gasteiger partial charge in [-0.2, -0.15) is 5.26 Å². The molecule has 1 aromatic rings. The fourth-order valence-electron chi connectivity index (χ4n) is 2.13. The summed E-state index contributed by atoms with van der Waals surface area (Å²) in [6.07, 6.45) is -2.16. The van der Waals surface area contributed by atoms with Gasteiger partial charge in [0, 0.05) is 19.6 Å². The Hall–Kier alpha value is -1.45. The number of benzene rings is 1. The topological polar surface area (TPSA) is 87.7 Å². The van der Waals surface area contributed by atoms with Gasteiger partial charge in [0.25, 0.3) is 0 Å². The first-order chi connectivity index (χ1) is 8.60. The van der Waals surface area contributed by atoms with Crippen molar-refractivity contribution in [2.75, 3.05) is 19.6 Å². The van der Waals surface area contributed by atoms with E-state index in [0.29, 0.717) is 25.2 Å². The first kappa shape index (κ1) is 13.0. The van der Waals surface area contributed by atoms with E-state index in [1.54, 1.807) is 24.3 Å². The maximum absolute atomic E-state index is 10.0. The lowest BCUT2D eigenvalue weighted by molar-refractivity contribution is 0.0572. The van der Waals surface area contributed by atoms with Gasteiger partial charge in [0.05, 0.1) is 29.9 Å². The predicted molar refractivity (Wildman–Crippen MR) is 64.6 cm³/mol. The highest BCUT2D eigenvalue weighted by Gasteiger charge is 2.30. The van der Waals surface area contributed by atoms with Crippen LogP contribution in [0.3, 0.4) is 0 Å². The van der Waals surface area contributed by atoms with Crippen LogP contribution < -0.4 is 0 Å². The van der Waals surface area contributed by atoms with Gasteiger partial charge in [-0.1, -0.05) is 12.1 Å². The number of aliphatic hydroxyl groups excluding tert-OH is 3. The summed E-state index contributed by atoms with van der Waals surface area (Å²) in [5.41, 5.74) is 1.28. The minimum Gasteiger partial charge on any atom is -0.389 e. The van der Waals surface area contributed by atoms with Crippen molar-refractivity contribution < 1.29 is 15.3 Å². The van der Waals surface area contributed by atoms with E-state index in [9.17, 15) is 15.3 Å². The quantitative estimate of drug-likeness (QED) is 0.679. The number of nitriles is 1. The van der Waals surface area contributed by atoms with E-state index in [0.717, 1.165) is 5.56 Å². The lowest BCUT2D eigenvalue weighted by Gasteiger charge is -2.19. The Balaban J connectivity index is 1.95. The zero-order valence-electron chi connectivity index (χ0n) is 9.90. The zero-order chi connectivity index (χ0) is 13.1.